The number of anilines is 1. The molecule has 1 fully saturated rings. The van der Waals surface area contributed by atoms with Crippen LogP contribution in [0.4, 0.5) is 5.69 Å². The Morgan fingerprint density at radius 3 is 2.68 bits per heavy atom. The van der Waals surface area contributed by atoms with E-state index in [-0.39, 0.29) is 12.0 Å². The Bertz CT molecular complexity index is 1280. The van der Waals surface area contributed by atoms with E-state index in [0.29, 0.717) is 32.2 Å². The number of fused-ring (bicyclic) bond motifs is 1. The minimum Gasteiger partial charge on any atom is -0.490 e. The summed E-state index contributed by atoms with van der Waals surface area (Å²) in [5.74, 6) is 2.74. The second kappa shape index (κ2) is 13.9. The molecule has 2 aliphatic heterocycles. The van der Waals surface area contributed by atoms with Gasteiger partial charge in [0.25, 0.3) is 0 Å². The lowest BCUT2D eigenvalue weighted by Gasteiger charge is -2.36. The van der Waals surface area contributed by atoms with E-state index in [1.54, 1.807) is 7.11 Å². The smallest absolute Gasteiger partial charge is 0.142 e. The van der Waals surface area contributed by atoms with E-state index in [1.807, 2.05) is 42.5 Å². The molecular weight excluding hydrogens is 518 g/mol. The van der Waals surface area contributed by atoms with Gasteiger partial charge >= 0.3 is 0 Å². The Kier molecular flexibility index (Phi) is 9.88. The molecule has 2 heterocycles. The highest BCUT2D eigenvalue weighted by atomic mass is 16.5. The van der Waals surface area contributed by atoms with Crippen LogP contribution >= 0.6 is 0 Å². The monoisotopic (exact) mass is 559 g/mol. The van der Waals surface area contributed by atoms with Crippen LogP contribution in [0, 0.1) is 4.91 Å². The number of rotatable bonds is 12. The number of piperidine rings is 1. The first kappa shape index (κ1) is 29.0. The molecule has 3 aromatic carbocycles. The van der Waals surface area contributed by atoms with Gasteiger partial charge in [-0.25, -0.2) is 0 Å². The Balaban J connectivity index is 1.27. The molecule has 0 bridgehead atoms. The van der Waals surface area contributed by atoms with Crippen molar-refractivity contribution in [1.82, 2.24) is 5.32 Å². The fourth-order valence-corrected chi connectivity index (χ4v) is 5.65. The van der Waals surface area contributed by atoms with Crippen molar-refractivity contribution in [3.8, 4) is 17.2 Å². The van der Waals surface area contributed by atoms with Crippen LogP contribution in [0.15, 0.2) is 71.9 Å². The van der Waals surface area contributed by atoms with Gasteiger partial charge in [0, 0.05) is 39.3 Å². The van der Waals surface area contributed by atoms with E-state index in [0.717, 1.165) is 60.2 Å². The number of nitrogens with zero attached hydrogens (tertiary/aromatic N) is 2. The third-order valence-electron chi connectivity index (χ3n) is 7.90. The predicted octanol–water partition coefficient (Wildman–Crippen LogP) is 6.24. The second-order valence-corrected chi connectivity index (χ2v) is 11.1. The number of methoxy groups -OCH3 is 1. The van der Waals surface area contributed by atoms with Gasteiger partial charge in [-0.15, -0.1) is 0 Å². The van der Waals surface area contributed by atoms with Gasteiger partial charge in [-0.3, -0.25) is 0 Å². The topological polar surface area (TPSA) is 81.6 Å². The second-order valence-electron chi connectivity index (χ2n) is 11.1. The zero-order valence-corrected chi connectivity index (χ0v) is 24.3. The third kappa shape index (κ3) is 7.25. The summed E-state index contributed by atoms with van der Waals surface area (Å²) in [6.07, 6.45) is 0.756. The SMILES string of the molecule is COCCCN1CCOc2ccc(CO[C@H]3CNC[C@@H](N=O)[C@@H]3c3ccc(Oc4cccc(C(C)C)c4)cc3)cc21. The zero-order valence-electron chi connectivity index (χ0n) is 24.3. The van der Waals surface area contributed by atoms with Gasteiger partial charge in [0.1, 0.15) is 29.9 Å². The first-order valence-corrected chi connectivity index (χ1v) is 14.6. The Morgan fingerprint density at radius 1 is 1.05 bits per heavy atom. The molecule has 0 saturated carbocycles. The van der Waals surface area contributed by atoms with Gasteiger partial charge in [-0.2, -0.15) is 4.91 Å². The van der Waals surface area contributed by atoms with Crippen LogP contribution < -0.4 is 19.7 Å². The lowest BCUT2D eigenvalue weighted by atomic mass is 9.84. The number of ether oxygens (including phenoxy) is 4. The van der Waals surface area contributed by atoms with Crippen LogP contribution in [0.25, 0.3) is 0 Å². The fraction of sp³-hybridized carbons (Fsp3) is 0.455. The maximum atomic E-state index is 11.9. The van der Waals surface area contributed by atoms with Crippen molar-refractivity contribution in [2.75, 3.05) is 51.4 Å². The highest BCUT2D eigenvalue weighted by molar-refractivity contribution is 5.61. The number of nitrogens with one attached hydrogen (secondary N) is 1. The number of nitroso groups, excluding NO2 is 1. The van der Waals surface area contributed by atoms with Crippen molar-refractivity contribution in [3.63, 3.8) is 0 Å². The first-order valence-electron chi connectivity index (χ1n) is 14.6. The molecule has 0 unspecified atom stereocenters. The normalized spacial score (nSPS) is 20.4. The average molecular weight is 560 g/mol. The highest BCUT2D eigenvalue weighted by Gasteiger charge is 2.36. The van der Waals surface area contributed by atoms with Crippen molar-refractivity contribution in [1.29, 1.82) is 0 Å². The van der Waals surface area contributed by atoms with E-state index in [1.165, 1.54) is 5.56 Å². The summed E-state index contributed by atoms with van der Waals surface area (Å²) in [5.41, 5.74) is 4.42. The Hall–Kier alpha value is -3.46. The fourth-order valence-electron chi connectivity index (χ4n) is 5.65. The van der Waals surface area contributed by atoms with Crippen molar-refractivity contribution in [2.24, 2.45) is 5.18 Å². The molecule has 8 heteroatoms. The van der Waals surface area contributed by atoms with Gasteiger partial charge in [0.05, 0.1) is 24.9 Å². The summed E-state index contributed by atoms with van der Waals surface area (Å²) in [4.78, 5) is 14.2. The molecule has 41 heavy (non-hydrogen) atoms. The quantitative estimate of drug-likeness (QED) is 0.208. The third-order valence-corrected chi connectivity index (χ3v) is 7.90. The first-order chi connectivity index (χ1) is 20.1. The van der Waals surface area contributed by atoms with Crippen LogP contribution in [0.3, 0.4) is 0 Å². The average Bonchev–Trinajstić information content (AvgIpc) is 3.00. The molecule has 0 aliphatic carbocycles. The van der Waals surface area contributed by atoms with Gasteiger partial charge < -0.3 is 29.2 Å². The molecule has 3 aromatic rings. The van der Waals surface area contributed by atoms with Crippen LogP contribution in [-0.2, 0) is 16.1 Å². The van der Waals surface area contributed by atoms with E-state index >= 15 is 0 Å². The summed E-state index contributed by atoms with van der Waals surface area (Å²) in [7, 11) is 1.73. The summed E-state index contributed by atoms with van der Waals surface area (Å²) in [6.45, 7) is 9.12. The van der Waals surface area contributed by atoms with E-state index < -0.39 is 6.04 Å². The summed E-state index contributed by atoms with van der Waals surface area (Å²) in [5, 5.41) is 6.81. The molecule has 0 amide bonds. The lowest BCUT2D eigenvalue weighted by molar-refractivity contribution is 0.00539. The van der Waals surface area contributed by atoms with Crippen molar-refractivity contribution >= 4 is 5.69 Å². The standard InChI is InChI=1S/C33H41N3O5/c1-23(2)26-6-4-7-28(19-26)41-27-11-9-25(10-12-27)33-29(35-37)20-34-21-32(33)40-22-24-8-13-31-30(18-24)36(15-17-39-31)14-5-16-38-3/h4,6-13,18-19,23,29,32-34H,5,14-17,20-22H2,1-3H3/t29-,32+,33+/m1/s1. The minimum atomic E-state index is -0.420. The molecule has 2 aliphatic rings. The summed E-state index contributed by atoms with van der Waals surface area (Å²) < 4.78 is 23.7. The molecule has 3 atom stereocenters. The van der Waals surface area contributed by atoms with Gasteiger partial charge in [0.2, 0.25) is 0 Å². The van der Waals surface area contributed by atoms with E-state index in [2.05, 4.69) is 53.5 Å². The van der Waals surface area contributed by atoms with Crippen molar-refractivity contribution < 1.29 is 18.9 Å². The summed E-state index contributed by atoms with van der Waals surface area (Å²) >= 11 is 0. The summed E-state index contributed by atoms with van der Waals surface area (Å²) in [6, 6.07) is 22.0. The molecule has 5 rings (SSSR count). The molecule has 8 nitrogen and oxygen atoms in total. The molecule has 0 radical (unpaired) electrons. The maximum Gasteiger partial charge on any atom is 0.142 e. The van der Waals surface area contributed by atoms with Crippen LogP contribution in [-0.4, -0.2) is 58.6 Å². The Labute approximate surface area is 242 Å². The predicted molar refractivity (Wildman–Crippen MR) is 161 cm³/mol. The number of benzene rings is 3. The van der Waals surface area contributed by atoms with Gasteiger partial charge in [-0.05, 0) is 65.4 Å². The number of hydrogen-bond acceptors (Lipinski definition) is 8. The minimum absolute atomic E-state index is 0.154. The molecule has 0 spiro atoms. The van der Waals surface area contributed by atoms with Gasteiger partial charge in [0.15, 0.2) is 0 Å². The largest absolute Gasteiger partial charge is 0.490 e. The molecule has 218 valence electrons. The Morgan fingerprint density at radius 2 is 1.90 bits per heavy atom. The highest BCUT2D eigenvalue weighted by Crippen LogP contribution is 2.35. The van der Waals surface area contributed by atoms with Crippen molar-refractivity contribution in [3.05, 3.63) is 88.3 Å². The lowest BCUT2D eigenvalue weighted by Crippen LogP contribution is -2.48. The molecular formula is C33H41N3O5. The van der Waals surface area contributed by atoms with E-state index in [9.17, 15) is 4.91 Å². The van der Waals surface area contributed by atoms with Gasteiger partial charge in [-0.1, -0.05) is 49.4 Å². The molecule has 1 saturated heterocycles. The zero-order chi connectivity index (χ0) is 28.6. The van der Waals surface area contributed by atoms with Crippen LogP contribution in [0.5, 0.6) is 17.2 Å². The van der Waals surface area contributed by atoms with E-state index in [4.69, 9.17) is 18.9 Å². The van der Waals surface area contributed by atoms with Crippen LogP contribution in [0.1, 0.15) is 48.8 Å². The van der Waals surface area contributed by atoms with Crippen molar-refractivity contribution in [2.45, 2.75) is 50.9 Å². The molecule has 1 N–H and O–H groups in total. The number of hydrogen-bond donors (Lipinski definition) is 1. The maximum absolute atomic E-state index is 11.9. The molecule has 0 aromatic heterocycles. The van der Waals surface area contributed by atoms with Crippen LogP contribution in [0.2, 0.25) is 0 Å².